The van der Waals surface area contributed by atoms with Crippen molar-refractivity contribution in [2.45, 2.75) is 6.92 Å². The second-order valence-electron chi connectivity index (χ2n) is 3.99. The molecule has 1 N–H and O–H groups in total. The molecule has 0 bridgehead atoms. The minimum atomic E-state index is 0.479. The molecule has 0 atom stereocenters. The molecule has 0 radical (unpaired) electrons. The molecule has 0 aliphatic heterocycles. The summed E-state index contributed by atoms with van der Waals surface area (Å²) in [5.74, 6) is 1.20. The Morgan fingerprint density at radius 2 is 2.11 bits per heavy atom. The Labute approximate surface area is 120 Å². The first kappa shape index (κ1) is 13.3. The molecule has 0 spiro atoms. The summed E-state index contributed by atoms with van der Waals surface area (Å²) in [7, 11) is 1.92. The summed E-state index contributed by atoms with van der Waals surface area (Å²) in [5, 5.41) is 11.1. The summed E-state index contributed by atoms with van der Waals surface area (Å²) in [6.07, 6.45) is 3.27. The highest BCUT2D eigenvalue weighted by atomic mass is 79.9. The van der Waals surface area contributed by atoms with Gasteiger partial charge in [0, 0.05) is 23.3 Å². The van der Waals surface area contributed by atoms with E-state index in [2.05, 4.69) is 31.2 Å². The zero-order valence-corrected chi connectivity index (χ0v) is 12.1. The van der Waals surface area contributed by atoms with Crippen molar-refractivity contribution in [1.29, 1.82) is 5.26 Å². The number of hydrogen-bond acceptors (Lipinski definition) is 5. The molecule has 19 heavy (non-hydrogen) atoms. The number of anilines is 3. The number of nitriles is 1. The summed E-state index contributed by atoms with van der Waals surface area (Å²) in [4.78, 5) is 10.1. The van der Waals surface area contributed by atoms with Crippen LogP contribution in [0.5, 0.6) is 0 Å². The molecule has 1 heterocycles. The van der Waals surface area contributed by atoms with E-state index in [1.807, 2.05) is 43.3 Å². The zero-order chi connectivity index (χ0) is 13.8. The smallest absolute Gasteiger partial charge is 0.182 e. The minimum Gasteiger partial charge on any atom is -0.329 e. The molecule has 0 unspecified atom stereocenters. The van der Waals surface area contributed by atoms with Gasteiger partial charge in [-0.2, -0.15) is 5.26 Å². The van der Waals surface area contributed by atoms with E-state index >= 15 is 0 Å². The summed E-state index contributed by atoms with van der Waals surface area (Å²) in [5.41, 5.74) is 2.18. The molecule has 0 fully saturated rings. The maximum Gasteiger partial charge on any atom is 0.182 e. The van der Waals surface area contributed by atoms with Crippen LogP contribution in [0.3, 0.4) is 0 Å². The number of halogens is 1. The van der Waals surface area contributed by atoms with Gasteiger partial charge in [-0.25, -0.2) is 9.97 Å². The van der Waals surface area contributed by atoms with Crippen molar-refractivity contribution in [3.63, 3.8) is 0 Å². The summed E-state index contributed by atoms with van der Waals surface area (Å²) in [6.45, 7) is 2.04. The van der Waals surface area contributed by atoms with E-state index in [0.717, 1.165) is 15.7 Å². The second-order valence-corrected chi connectivity index (χ2v) is 4.90. The summed E-state index contributed by atoms with van der Waals surface area (Å²) >= 11 is 3.46. The van der Waals surface area contributed by atoms with Crippen LogP contribution in [0.15, 0.2) is 35.1 Å². The van der Waals surface area contributed by atoms with Crippen LogP contribution >= 0.6 is 15.9 Å². The first-order chi connectivity index (χ1) is 9.11. The fourth-order valence-electron chi connectivity index (χ4n) is 1.72. The fourth-order valence-corrected chi connectivity index (χ4v) is 2.07. The van der Waals surface area contributed by atoms with Crippen LogP contribution in [0.25, 0.3) is 0 Å². The number of aromatic nitrogens is 2. The maximum absolute atomic E-state index is 8.61. The highest BCUT2D eigenvalue weighted by molar-refractivity contribution is 9.10. The lowest BCUT2D eigenvalue weighted by Gasteiger charge is -2.20. The van der Waals surface area contributed by atoms with Crippen molar-refractivity contribution in [1.82, 2.24) is 9.97 Å². The highest BCUT2D eigenvalue weighted by Crippen LogP contribution is 2.28. The monoisotopic (exact) mass is 317 g/mol. The molecule has 2 aromatic rings. The van der Waals surface area contributed by atoms with E-state index in [1.165, 1.54) is 6.33 Å². The molecule has 0 saturated heterocycles. The lowest BCUT2D eigenvalue weighted by molar-refractivity contribution is 1.07. The zero-order valence-electron chi connectivity index (χ0n) is 10.6. The number of aryl methyl sites for hydroxylation is 1. The molecule has 0 aliphatic rings. The third-order valence-electron chi connectivity index (χ3n) is 2.71. The first-order valence-electron chi connectivity index (χ1n) is 5.59. The van der Waals surface area contributed by atoms with Crippen LogP contribution in [-0.2, 0) is 0 Å². The lowest BCUT2D eigenvalue weighted by atomic mass is 10.2. The van der Waals surface area contributed by atoms with Crippen LogP contribution in [0.1, 0.15) is 5.56 Å². The van der Waals surface area contributed by atoms with Gasteiger partial charge < -0.3 is 4.90 Å². The van der Waals surface area contributed by atoms with E-state index in [4.69, 9.17) is 5.26 Å². The van der Waals surface area contributed by atoms with Gasteiger partial charge in [0.2, 0.25) is 0 Å². The average molecular weight is 318 g/mol. The van der Waals surface area contributed by atoms with Crippen molar-refractivity contribution in [2.75, 3.05) is 17.3 Å². The molecular formula is C13H12BrN5. The Morgan fingerprint density at radius 1 is 1.32 bits per heavy atom. The third kappa shape index (κ3) is 3.01. The van der Waals surface area contributed by atoms with Crippen LogP contribution in [0, 0.1) is 18.4 Å². The molecule has 1 aromatic heterocycles. The van der Waals surface area contributed by atoms with Gasteiger partial charge >= 0.3 is 0 Å². The molecule has 1 aromatic carbocycles. The third-order valence-corrected chi connectivity index (χ3v) is 3.21. The van der Waals surface area contributed by atoms with E-state index < -0.39 is 0 Å². The number of rotatable bonds is 3. The Bertz CT molecular complexity index is 635. The average Bonchev–Trinajstić information content (AvgIpc) is 2.41. The summed E-state index contributed by atoms with van der Waals surface area (Å²) < 4.78 is 1.00. The van der Waals surface area contributed by atoms with E-state index in [-0.39, 0.29) is 0 Å². The number of nitrogens with one attached hydrogen (secondary N) is 1. The van der Waals surface area contributed by atoms with Crippen molar-refractivity contribution in [3.05, 3.63) is 40.6 Å². The minimum absolute atomic E-state index is 0.479. The van der Waals surface area contributed by atoms with E-state index in [9.17, 15) is 0 Å². The van der Waals surface area contributed by atoms with E-state index in [1.54, 1.807) is 6.07 Å². The SMILES string of the molecule is Cc1ccc(Br)cc1N(C)c1cc(NC#N)ncn1. The number of nitrogens with zero attached hydrogens (tertiary/aromatic N) is 4. The number of benzene rings is 1. The van der Waals surface area contributed by atoms with Crippen LogP contribution in [0.4, 0.5) is 17.3 Å². The Balaban J connectivity index is 2.38. The molecule has 5 nitrogen and oxygen atoms in total. The van der Waals surface area contributed by atoms with Gasteiger partial charge in [-0.05, 0) is 24.6 Å². The highest BCUT2D eigenvalue weighted by Gasteiger charge is 2.09. The predicted octanol–water partition coefficient (Wildman–Crippen LogP) is 3.21. The molecule has 0 aliphatic carbocycles. The largest absolute Gasteiger partial charge is 0.329 e. The Morgan fingerprint density at radius 3 is 2.84 bits per heavy atom. The molecule has 96 valence electrons. The van der Waals surface area contributed by atoms with E-state index in [0.29, 0.717) is 11.6 Å². The van der Waals surface area contributed by atoms with Gasteiger partial charge in [-0.1, -0.05) is 22.0 Å². The Hall–Kier alpha value is -2.13. The molecule has 6 heteroatoms. The van der Waals surface area contributed by atoms with Crippen molar-refractivity contribution in [2.24, 2.45) is 0 Å². The number of hydrogen-bond donors (Lipinski definition) is 1. The van der Waals surface area contributed by atoms with Crippen LogP contribution in [-0.4, -0.2) is 17.0 Å². The lowest BCUT2D eigenvalue weighted by Crippen LogP contribution is -2.13. The van der Waals surface area contributed by atoms with Gasteiger partial charge in [0.15, 0.2) is 6.19 Å². The second kappa shape index (κ2) is 5.67. The fraction of sp³-hybridized carbons (Fsp3) is 0.154. The quantitative estimate of drug-likeness (QED) is 0.695. The molecular weight excluding hydrogens is 306 g/mol. The summed E-state index contributed by atoms with van der Waals surface area (Å²) in [6, 6.07) is 7.78. The van der Waals surface area contributed by atoms with Gasteiger partial charge in [-0.3, -0.25) is 5.32 Å². The first-order valence-corrected chi connectivity index (χ1v) is 6.38. The normalized spacial score (nSPS) is 9.79. The van der Waals surface area contributed by atoms with Crippen molar-refractivity contribution < 1.29 is 0 Å². The van der Waals surface area contributed by atoms with Crippen LogP contribution < -0.4 is 10.2 Å². The molecule has 0 amide bonds. The van der Waals surface area contributed by atoms with Gasteiger partial charge in [-0.15, -0.1) is 0 Å². The predicted molar refractivity (Wildman–Crippen MR) is 78.2 cm³/mol. The molecule has 2 rings (SSSR count). The standard InChI is InChI=1S/C13H12BrN5/c1-9-3-4-10(14)5-11(9)19(2)13-6-12(16-7-15)17-8-18-13/h3-6,8H,1-2H3,(H,16,17,18). The van der Waals surface area contributed by atoms with Gasteiger partial charge in [0.25, 0.3) is 0 Å². The topological polar surface area (TPSA) is 64.8 Å². The van der Waals surface area contributed by atoms with Crippen molar-refractivity contribution >= 4 is 33.3 Å². The Kier molecular flexibility index (Phi) is 3.97. The van der Waals surface area contributed by atoms with Gasteiger partial charge in [0.05, 0.1) is 0 Å². The van der Waals surface area contributed by atoms with Crippen LogP contribution in [0.2, 0.25) is 0 Å². The maximum atomic E-state index is 8.61. The van der Waals surface area contributed by atoms with Gasteiger partial charge in [0.1, 0.15) is 18.0 Å². The molecule has 0 saturated carbocycles. The van der Waals surface area contributed by atoms with Crippen molar-refractivity contribution in [3.8, 4) is 6.19 Å².